The zero-order chi connectivity index (χ0) is 11.7. The summed E-state index contributed by atoms with van der Waals surface area (Å²) in [6.45, 7) is 5.67. The lowest BCUT2D eigenvalue weighted by Crippen LogP contribution is -2.44. The number of nitrogens with zero attached hydrogens (tertiary/aromatic N) is 1. The quantitative estimate of drug-likeness (QED) is 0.795. The number of hydrogen-bond donors (Lipinski definition) is 0. The Morgan fingerprint density at radius 1 is 1.62 bits per heavy atom. The van der Waals surface area contributed by atoms with E-state index >= 15 is 0 Å². The molecule has 1 amide bonds. The first-order valence-electron chi connectivity index (χ1n) is 5.24. The lowest BCUT2D eigenvalue weighted by atomic mass is 10.2. The maximum Gasteiger partial charge on any atom is 0.290 e. The summed E-state index contributed by atoms with van der Waals surface area (Å²) in [7, 11) is 0. The normalized spacial score (nSPS) is 21.2. The molecule has 4 nitrogen and oxygen atoms in total. The summed E-state index contributed by atoms with van der Waals surface area (Å²) in [5.74, 6) is 0.360. The number of amides is 1. The molecule has 2 rings (SSSR count). The fourth-order valence-corrected chi connectivity index (χ4v) is 2.31. The number of carbonyl (C=O) groups excluding carboxylic acids is 1. The summed E-state index contributed by atoms with van der Waals surface area (Å²) >= 11 is 3.23. The van der Waals surface area contributed by atoms with Gasteiger partial charge in [0.2, 0.25) is 0 Å². The van der Waals surface area contributed by atoms with Crippen molar-refractivity contribution in [1.82, 2.24) is 4.90 Å². The molecule has 88 valence electrons. The van der Waals surface area contributed by atoms with Crippen LogP contribution in [0.25, 0.3) is 0 Å². The highest BCUT2D eigenvalue weighted by Gasteiger charge is 2.26. The van der Waals surface area contributed by atoms with Crippen LogP contribution < -0.4 is 0 Å². The van der Waals surface area contributed by atoms with Crippen molar-refractivity contribution in [1.29, 1.82) is 0 Å². The largest absolute Gasteiger partial charge is 0.444 e. The van der Waals surface area contributed by atoms with E-state index in [1.807, 2.05) is 13.8 Å². The molecular weight excluding hydrogens is 274 g/mol. The van der Waals surface area contributed by atoms with Crippen molar-refractivity contribution >= 4 is 21.8 Å². The number of carbonyl (C=O) groups is 1. The molecule has 1 fully saturated rings. The first-order chi connectivity index (χ1) is 7.58. The van der Waals surface area contributed by atoms with Crippen LogP contribution in [0.5, 0.6) is 0 Å². The fourth-order valence-electron chi connectivity index (χ4n) is 1.80. The Bertz CT molecular complexity index is 402. The summed E-state index contributed by atoms with van der Waals surface area (Å²) in [5.41, 5.74) is 0.857. The van der Waals surface area contributed by atoms with Gasteiger partial charge in [0.1, 0.15) is 0 Å². The molecule has 0 N–H and O–H groups in total. The van der Waals surface area contributed by atoms with E-state index in [0.29, 0.717) is 30.1 Å². The molecule has 0 spiro atoms. The van der Waals surface area contributed by atoms with Crippen molar-refractivity contribution in [2.75, 3.05) is 19.7 Å². The van der Waals surface area contributed by atoms with E-state index in [4.69, 9.17) is 9.15 Å². The Balaban J connectivity index is 2.15. The Hall–Kier alpha value is -0.810. The molecule has 0 saturated carbocycles. The third kappa shape index (κ3) is 2.30. The van der Waals surface area contributed by atoms with Crippen LogP contribution in [0, 0.1) is 6.92 Å². The predicted octanol–water partition coefficient (Wildman–Crippen LogP) is 2.21. The Labute approximate surface area is 103 Å². The van der Waals surface area contributed by atoms with Gasteiger partial charge >= 0.3 is 0 Å². The Kier molecular flexibility index (Phi) is 3.35. The number of aryl methyl sites for hydroxylation is 1. The molecule has 0 unspecified atom stereocenters. The van der Waals surface area contributed by atoms with Crippen LogP contribution in [-0.2, 0) is 4.74 Å². The summed E-state index contributed by atoms with van der Waals surface area (Å²) in [6, 6.07) is 1.80. The molecule has 1 aromatic rings. The highest BCUT2D eigenvalue weighted by Crippen LogP contribution is 2.21. The SMILES string of the molecule is Cc1cc(Br)oc1C(=O)N1CCO[C@@H](C)C1. The molecule has 0 bridgehead atoms. The van der Waals surface area contributed by atoms with Crippen molar-refractivity contribution in [3.05, 3.63) is 22.1 Å². The molecule has 0 radical (unpaired) electrons. The molecule has 0 aliphatic carbocycles. The minimum Gasteiger partial charge on any atom is -0.444 e. The van der Waals surface area contributed by atoms with Gasteiger partial charge in [0, 0.05) is 18.7 Å². The molecule has 5 heteroatoms. The van der Waals surface area contributed by atoms with Gasteiger partial charge < -0.3 is 14.1 Å². The van der Waals surface area contributed by atoms with Crippen LogP contribution >= 0.6 is 15.9 Å². The lowest BCUT2D eigenvalue weighted by molar-refractivity contribution is -0.0135. The molecule has 1 saturated heterocycles. The summed E-state index contributed by atoms with van der Waals surface area (Å²) < 4.78 is 11.3. The molecule has 2 heterocycles. The van der Waals surface area contributed by atoms with Gasteiger partial charge in [-0.15, -0.1) is 0 Å². The minimum atomic E-state index is -0.0571. The van der Waals surface area contributed by atoms with Gasteiger partial charge in [-0.1, -0.05) is 0 Å². The monoisotopic (exact) mass is 287 g/mol. The van der Waals surface area contributed by atoms with Gasteiger partial charge in [-0.25, -0.2) is 0 Å². The lowest BCUT2D eigenvalue weighted by Gasteiger charge is -2.30. The van der Waals surface area contributed by atoms with Crippen LogP contribution in [0.1, 0.15) is 23.0 Å². The van der Waals surface area contributed by atoms with Crippen molar-refractivity contribution in [3.63, 3.8) is 0 Å². The number of furan rings is 1. The van der Waals surface area contributed by atoms with Gasteiger partial charge in [0.25, 0.3) is 5.91 Å². The van der Waals surface area contributed by atoms with Gasteiger partial charge in [-0.05, 0) is 35.8 Å². The predicted molar refractivity (Wildman–Crippen MR) is 62.5 cm³/mol. The third-order valence-electron chi connectivity index (χ3n) is 2.61. The van der Waals surface area contributed by atoms with Crippen molar-refractivity contribution < 1.29 is 13.9 Å². The molecule has 1 aliphatic rings. The number of rotatable bonds is 1. The number of hydrogen-bond acceptors (Lipinski definition) is 3. The number of morpholine rings is 1. The second-order valence-electron chi connectivity index (χ2n) is 4.00. The van der Waals surface area contributed by atoms with E-state index in [2.05, 4.69) is 15.9 Å². The Morgan fingerprint density at radius 3 is 2.94 bits per heavy atom. The standard InChI is InChI=1S/C11H14BrNO3/c1-7-5-9(12)16-10(7)11(14)13-3-4-15-8(2)6-13/h5,8H,3-4,6H2,1-2H3/t8-/m0/s1. The highest BCUT2D eigenvalue weighted by molar-refractivity contribution is 9.10. The molecule has 1 atom stereocenters. The van der Waals surface area contributed by atoms with Crippen LogP contribution in [0.3, 0.4) is 0 Å². The first kappa shape index (κ1) is 11.7. The second-order valence-corrected chi connectivity index (χ2v) is 4.78. The average molecular weight is 288 g/mol. The van der Waals surface area contributed by atoms with Crippen molar-refractivity contribution in [3.8, 4) is 0 Å². The zero-order valence-corrected chi connectivity index (χ0v) is 10.9. The van der Waals surface area contributed by atoms with Crippen molar-refractivity contribution in [2.45, 2.75) is 20.0 Å². The molecule has 16 heavy (non-hydrogen) atoms. The van der Waals surface area contributed by atoms with Gasteiger partial charge in [0.05, 0.1) is 12.7 Å². The average Bonchev–Trinajstić information content (AvgIpc) is 2.57. The Morgan fingerprint density at radius 2 is 2.38 bits per heavy atom. The van der Waals surface area contributed by atoms with E-state index in [1.54, 1.807) is 11.0 Å². The van der Waals surface area contributed by atoms with Crippen LogP contribution in [-0.4, -0.2) is 36.6 Å². The van der Waals surface area contributed by atoms with E-state index in [1.165, 1.54) is 0 Å². The summed E-state index contributed by atoms with van der Waals surface area (Å²) in [6.07, 6.45) is 0.0939. The molecular formula is C11H14BrNO3. The van der Waals surface area contributed by atoms with Crippen molar-refractivity contribution in [2.24, 2.45) is 0 Å². The van der Waals surface area contributed by atoms with Gasteiger partial charge in [0.15, 0.2) is 10.4 Å². The number of ether oxygens (including phenoxy) is 1. The second kappa shape index (κ2) is 4.59. The van der Waals surface area contributed by atoms with Crippen LogP contribution in [0.2, 0.25) is 0 Å². The molecule has 1 aliphatic heterocycles. The number of halogens is 1. The maximum atomic E-state index is 12.1. The summed E-state index contributed by atoms with van der Waals surface area (Å²) in [4.78, 5) is 13.9. The van der Waals surface area contributed by atoms with Gasteiger partial charge in [-0.2, -0.15) is 0 Å². The minimum absolute atomic E-state index is 0.0571. The smallest absolute Gasteiger partial charge is 0.290 e. The first-order valence-corrected chi connectivity index (χ1v) is 6.04. The highest BCUT2D eigenvalue weighted by atomic mass is 79.9. The van der Waals surface area contributed by atoms with E-state index in [0.717, 1.165) is 5.56 Å². The third-order valence-corrected chi connectivity index (χ3v) is 3.00. The molecule has 1 aromatic heterocycles. The van der Waals surface area contributed by atoms with Gasteiger partial charge in [-0.3, -0.25) is 4.79 Å². The topological polar surface area (TPSA) is 42.7 Å². The van der Waals surface area contributed by atoms with Crippen LogP contribution in [0.15, 0.2) is 15.2 Å². The van der Waals surface area contributed by atoms with E-state index in [9.17, 15) is 4.79 Å². The maximum absolute atomic E-state index is 12.1. The van der Waals surface area contributed by atoms with E-state index < -0.39 is 0 Å². The van der Waals surface area contributed by atoms with Crippen LogP contribution in [0.4, 0.5) is 0 Å². The fraction of sp³-hybridized carbons (Fsp3) is 0.545. The van der Waals surface area contributed by atoms with E-state index in [-0.39, 0.29) is 12.0 Å². The molecule has 0 aromatic carbocycles. The zero-order valence-electron chi connectivity index (χ0n) is 9.33. The summed E-state index contributed by atoms with van der Waals surface area (Å²) in [5, 5.41) is 0.